The van der Waals surface area contributed by atoms with Gasteiger partial charge in [-0.25, -0.2) is 0 Å². The lowest BCUT2D eigenvalue weighted by atomic mass is 10.1. The smallest absolute Gasteiger partial charge is 0.270 e. The largest absolute Gasteiger partial charge is 0.396 e. The normalized spacial score (nSPS) is 19.1. The first kappa shape index (κ1) is 15.6. The van der Waals surface area contributed by atoms with E-state index in [-0.39, 0.29) is 24.6 Å². The molecule has 2 rings (SSSR count). The van der Waals surface area contributed by atoms with Gasteiger partial charge in [0.2, 0.25) is 0 Å². The molecule has 0 radical (unpaired) electrons. The molecule has 1 fully saturated rings. The first-order chi connectivity index (χ1) is 9.54. The van der Waals surface area contributed by atoms with Crippen LogP contribution in [0.5, 0.6) is 0 Å². The fourth-order valence-electron chi connectivity index (χ4n) is 2.92. The number of halogens is 1. The molecule has 0 spiro atoms. The molecule has 1 aromatic heterocycles. The topological polar surface area (TPSA) is 45.5 Å². The van der Waals surface area contributed by atoms with E-state index in [0.717, 1.165) is 42.4 Å². The van der Waals surface area contributed by atoms with Crippen LogP contribution in [0.1, 0.15) is 56.1 Å². The van der Waals surface area contributed by atoms with Gasteiger partial charge in [0.1, 0.15) is 5.69 Å². The fraction of sp³-hybridized carbons (Fsp3) is 0.667. The van der Waals surface area contributed by atoms with Crippen molar-refractivity contribution in [1.82, 2.24) is 9.47 Å². The van der Waals surface area contributed by atoms with Gasteiger partial charge in [0.15, 0.2) is 0 Å². The zero-order valence-electron chi connectivity index (χ0n) is 12.2. The first-order valence-corrected chi connectivity index (χ1v) is 8.13. The van der Waals surface area contributed by atoms with Crippen LogP contribution in [0, 0.1) is 0 Å². The molecule has 4 nitrogen and oxygen atoms in total. The summed E-state index contributed by atoms with van der Waals surface area (Å²) in [6.45, 7) is 5.19. The average molecular weight is 343 g/mol. The van der Waals surface area contributed by atoms with E-state index in [0.29, 0.717) is 0 Å². The standard InChI is InChI=1S/C15H23BrN2O2/c1-11(2)18-10-12(16)9-14(18)15(20)17-7-3-5-13(17)6-4-8-19/h9-11,13,19H,3-8H2,1-2H3. The van der Waals surface area contributed by atoms with Crippen molar-refractivity contribution in [3.63, 3.8) is 0 Å². The number of hydrogen-bond donors (Lipinski definition) is 1. The number of carbonyl (C=O) groups is 1. The summed E-state index contributed by atoms with van der Waals surface area (Å²) < 4.78 is 2.97. The van der Waals surface area contributed by atoms with Crippen molar-refractivity contribution in [2.45, 2.75) is 51.6 Å². The Morgan fingerprint density at radius 1 is 1.55 bits per heavy atom. The van der Waals surface area contributed by atoms with Gasteiger partial charge in [-0.3, -0.25) is 4.79 Å². The van der Waals surface area contributed by atoms with Crippen molar-refractivity contribution in [2.24, 2.45) is 0 Å². The highest BCUT2D eigenvalue weighted by molar-refractivity contribution is 9.10. The second-order valence-corrected chi connectivity index (χ2v) is 6.62. The summed E-state index contributed by atoms with van der Waals surface area (Å²) in [6, 6.07) is 2.45. The van der Waals surface area contributed by atoms with Gasteiger partial charge in [-0.1, -0.05) is 0 Å². The molecule has 20 heavy (non-hydrogen) atoms. The molecule has 1 unspecified atom stereocenters. The van der Waals surface area contributed by atoms with Gasteiger partial charge in [0, 0.05) is 35.9 Å². The van der Waals surface area contributed by atoms with Crippen LogP contribution >= 0.6 is 15.9 Å². The van der Waals surface area contributed by atoms with Crippen LogP contribution < -0.4 is 0 Å². The van der Waals surface area contributed by atoms with E-state index in [2.05, 4.69) is 29.8 Å². The van der Waals surface area contributed by atoms with E-state index in [1.165, 1.54) is 0 Å². The maximum atomic E-state index is 12.8. The zero-order chi connectivity index (χ0) is 14.7. The van der Waals surface area contributed by atoms with Gasteiger partial charge in [0.05, 0.1) is 0 Å². The lowest BCUT2D eigenvalue weighted by molar-refractivity contribution is 0.0712. The summed E-state index contributed by atoms with van der Waals surface area (Å²) in [5.74, 6) is 0.116. The minimum absolute atomic E-state index is 0.116. The minimum atomic E-state index is 0.116. The lowest BCUT2D eigenvalue weighted by Crippen LogP contribution is -2.36. The second-order valence-electron chi connectivity index (χ2n) is 5.71. The molecular weight excluding hydrogens is 320 g/mol. The van der Waals surface area contributed by atoms with Crippen molar-refractivity contribution in [2.75, 3.05) is 13.2 Å². The van der Waals surface area contributed by atoms with Gasteiger partial charge in [-0.15, -0.1) is 0 Å². The van der Waals surface area contributed by atoms with Crippen LogP contribution in [0.2, 0.25) is 0 Å². The van der Waals surface area contributed by atoms with E-state index in [1.807, 2.05) is 21.7 Å². The van der Waals surface area contributed by atoms with Crippen LogP contribution in [0.4, 0.5) is 0 Å². The number of aromatic nitrogens is 1. The van der Waals surface area contributed by atoms with Crippen molar-refractivity contribution < 1.29 is 9.90 Å². The Labute approximate surface area is 128 Å². The molecule has 1 saturated heterocycles. The van der Waals surface area contributed by atoms with E-state index >= 15 is 0 Å². The van der Waals surface area contributed by atoms with Crippen molar-refractivity contribution in [1.29, 1.82) is 0 Å². The molecule has 1 atom stereocenters. The van der Waals surface area contributed by atoms with Gasteiger partial charge in [0.25, 0.3) is 5.91 Å². The number of carbonyl (C=O) groups excluding carboxylic acids is 1. The quantitative estimate of drug-likeness (QED) is 0.892. The third kappa shape index (κ3) is 3.26. The lowest BCUT2D eigenvalue weighted by Gasteiger charge is -2.25. The Morgan fingerprint density at radius 3 is 2.95 bits per heavy atom. The third-order valence-corrected chi connectivity index (χ3v) is 4.36. The molecule has 0 aliphatic carbocycles. The number of nitrogens with zero attached hydrogens (tertiary/aromatic N) is 2. The first-order valence-electron chi connectivity index (χ1n) is 7.33. The number of aliphatic hydroxyl groups is 1. The Balaban J connectivity index is 2.18. The predicted molar refractivity (Wildman–Crippen MR) is 82.9 cm³/mol. The van der Waals surface area contributed by atoms with Crippen LogP contribution in [-0.2, 0) is 0 Å². The SMILES string of the molecule is CC(C)n1cc(Br)cc1C(=O)N1CCCC1CCCO. The molecule has 5 heteroatoms. The summed E-state index contributed by atoms with van der Waals surface area (Å²) in [5.41, 5.74) is 0.753. The maximum absolute atomic E-state index is 12.8. The van der Waals surface area contributed by atoms with Gasteiger partial charge in [-0.2, -0.15) is 0 Å². The Kier molecular flexibility index (Phi) is 5.27. The molecule has 2 heterocycles. The zero-order valence-corrected chi connectivity index (χ0v) is 13.8. The number of hydrogen-bond acceptors (Lipinski definition) is 2. The Bertz CT molecular complexity index is 470. The summed E-state index contributed by atoms with van der Waals surface area (Å²) in [7, 11) is 0. The van der Waals surface area contributed by atoms with E-state index in [1.54, 1.807) is 0 Å². The number of likely N-dealkylation sites (tertiary alicyclic amines) is 1. The Hall–Kier alpha value is -0.810. The molecule has 1 aromatic rings. The van der Waals surface area contributed by atoms with Crippen molar-refractivity contribution >= 4 is 21.8 Å². The number of amides is 1. The van der Waals surface area contributed by atoms with Crippen molar-refractivity contribution in [3.05, 3.63) is 22.4 Å². The Morgan fingerprint density at radius 2 is 2.30 bits per heavy atom. The third-order valence-electron chi connectivity index (χ3n) is 3.92. The summed E-state index contributed by atoms with van der Waals surface area (Å²) in [4.78, 5) is 14.8. The van der Waals surface area contributed by atoms with Crippen LogP contribution in [-0.4, -0.2) is 39.7 Å². The summed E-state index contributed by atoms with van der Waals surface area (Å²) in [6.07, 6.45) is 5.74. The monoisotopic (exact) mass is 342 g/mol. The van der Waals surface area contributed by atoms with Crippen LogP contribution in [0.3, 0.4) is 0 Å². The maximum Gasteiger partial charge on any atom is 0.270 e. The number of aliphatic hydroxyl groups excluding tert-OH is 1. The molecule has 0 aromatic carbocycles. The van der Waals surface area contributed by atoms with E-state index < -0.39 is 0 Å². The highest BCUT2D eigenvalue weighted by Gasteiger charge is 2.30. The summed E-state index contributed by atoms with van der Waals surface area (Å²) >= 11 is 3.46. The minimum Gasteiger partial charge on any atom is -0.396 e. The van der Waals surface area contributed by atoms with E-state index in [4.69, 9.17) is 5.11 Å². The fourth-order valence-corrected chi connectivity index (χ4v) is 3.36. The highest BCUT2D eigenvalue weighted by Crippen LogP contribution is 2.26. The number of rotatable bonds is 5. The van der Waals surface area contributed by atoms with Crippen LogP contribution in [0.25, 0.3) is 0 Å². The van der Waals surface area contributed by atoms with E-state index in [9.17, 15) is 4.79 Å². The molecule has 0 saturated carbocycles. The van der Waals surface area contributed by atoms with Gasteiger partial charge in [-0.05, 0) is 61.5 Å². The van der Waals surface area contributed by atoms with Gasteiger partial charge >= 0.3 is 0 Å². The van der Waals surface area contributed by atoms with Crippen molar-refractivity contribution in [3.8, 4) is 0 Å². The molecule has 1 aliphatic rings. The molecule has 112 valence electrons. The molecule has 0 bridgehead atoms. The molecular formula is C15H23BrN2O2. The molecule has 1 amide bonds. The summed E-state index contributed by atoms with van der Waals surface area (Å²) in [5, 5.41) is 8.97. The molecule has 1 N–H and O–H groups in total. The highest BCUT2D eigenvalue weighted by atomic mass is 79.9. The van der Waals surface area contributed by atoms with Crippen LogP contribution in [0.15, 0.2) is 16.7 Å². The second kappa shape index (κ2) is 6.76. The van der Waals surface area contributed by atoms with Gasteiger partial charge < -0.3 is 14.6 Å². The molecule has 1 aliphatic heterocycles. The average Bonchev–Trinajstić information content (AvgIpc) is 3.01. The predicted octanol–water partition coefficient (Wildman–Crippen LogP) is 3.21.